The quantitative estimate of drug-likeness (QED) is 0.269. The molecule has 0 bridgehead atoms. The second kappa shape index (κ2) is 10.6. The minimum atomic E-state index is -1.09. The highest BCUT2D eigenvalue weighted by Crippen LogP contribution is 2.36. The van der Waals surface area contributed by atoms with Crippen LogP contribution in [-0.4, -0.2) is 45.4 Å². The fourth-order valence-electron chi connectivity index (χ4n) is 4.78. The zero-order valence-corrected chi connectivity index (χ0v) is 22.4. The van der Waals surface area contributed by atoms with Gasteiger partial charge in [0, 0.05) is 28.8 Å². The van der Waals surface area contributed by atoms with Crippen LogP contribution in [0, 0.1) is 5.82 Å². The van der Waals surface area contributed by atoms with Gasteiger partial charge in [0.05, 0.1) is 33.6 Å². The molecule has 41 heavy (non-hydrogen) atoms. The number of imidazole rings is 1. The third-order valence-corrected chi connectivity index (χ3v) is 7.20. The zero-order valence-electron chi connectivity index (χ0n) is 20.9. The number of rotatable bonds is 7. The number of carbonyl (C=O) groups is 1. The summed E-state index contributed by atoms with van der Waals surface area (Å²) in [7, 11) is 0. The van der Waals surface area contributed by atoms with E-state index in [0.717, 1.165) is 5.56 Å². The van der Waals surface area contributed by atoms with Gasteiger partial charge in [-0.05, 0) is 52.4 Å². The Morgan fingerprint density at radius 2 is 1.80 bits per heavy atom. The van der Waals surface area contributed by atoms with Gasteiger partial charge in [0.1, 0.15) is 12.5 Å². The summed E-state index contributed by atoms with van der Waals surface area (Å²) in [5.41, 5.74) is 1.41. The van der Waals surface area contributed by atoms with Crippen LogP contribution in [0.15, 0.2) is 90.4 Å². The number of aromatic nitrogens is 7. The van der Waals surface area contributed by atoms with E-state index in [0.29, 0.717) is 21.7 Å². The van der Waals surface area contributed by atoms with Gasteiger partial charge in [0.2, 0.25) is 0 Å². The fraction of sp³-hybridized carbons (Fsp3) is 0.0714. The molecule has 0 fully saturated rings. The summed E-state index contributed by atoms with van der Waals surface area (Å²) in [6.45, 7) is 0. The highest BCUT2D eigenvalue weighted by Gasteiger charge is 2.26. The summed E-state index contributed by atoms with van der Waals surface area (Å²) in [6, 6.07) is 18.5. The molecule has 1 N–H and O–H groups in total. The molecule has 0 aliphatic carbocycles. The number of tetrazole rings is 1. The molecular weight excluding hydrogens is 572 g/mol. The second-order valence-corrected chi connectivity index (χ2v) is 9.97. The van der Waals surface area contributed by atoms with Crippen molar-refractivity contribution in [3.63, 3.8) is 0 Å². The first-order chi connectivity index (χ1) is 19.8. The molecule has 0 aliphatic heterocycles. The van der Waals surface area contributed by atoms with Crippen LogP contribution in [0.1, 0.15) is 22.1 Å². The summed E-state index contributed by atoms with van der Waals surface area (Å²) in [6.07, 6.45) is 3.66. The standard InChI is InChI=1S/C28H18Cl2FN7O3/c29-18-7-9-22(38-15-33-34-35-38)19(12-18)25-20(30)13-36(27(39)26(25)31)24(10-16-4-2-1-3-5-16)37-14-32-21-11-17(28(40)41)6-8-23(21)37/h1-9,11-15,24H,10H2,(H,40,41). The summed E-state index contributed by atoms with van der Waals surface area (Å²) >= 11 is 13.0. The Hall–Kier alpha value is -4.87. The van der Waals surface area contributed by atoms with Crippen molar-refractivity contribution in [2.75, 3.05) is 0 Å². The van der Waals surface area contributed by atoms with Gasteiger partial charge in [0.15, 0.2) is 5.82 Å². The lowest BCUT2D eigenvalue weighted by molar-refractivity contribution is 0.0697. The van der Waals surface area contributed by atoms with E-state index in [9.17, 15) is 14.7 Å². The summed E-state index contributed by atoms with van der Waals surface area (Å²) in [4.78, 5) is 29.6. The molecule has 1 atom stereocenters. The summed E-state index contributed by atoms with van der Waals surface area (Å²) in [5, 5.41) is 20.8. The van der Waals surface area contributed by atoms with Gasteiger partial charge < -0.3 is 9.67 Å². The zero-order chi connectivity index (χ0) is 28.7. The van der Waals surface area contributed by atoms with Gasteiger partial charge in [0.25, 0.3) is 5.56 Å². The molecule has 3 heterocycles. The molecule has 204 valence electrons. The average molecular weight is 590 g/mol. The number of nitrogens with zero attached hydrogens (tertiary/aromatic N) is 7. The number of carboxylic acid groups (broad SMARTS) is 1. The summed E-state index contributed by atoms with van der Waals surface area (Å²) < 4.78 is 20.4. The molecule has 3 aromatic carbocycles. The molecular formula is C28H18Cl2FN7O3. The van der Waals surface area contributed by atoms with E-state index < -0.39 is 23.5 Å². The van der Waals surface area contributed by atoms with Crippen molar-refractivity contribution < 1.29 is 14.3 Å². The second-order valence-electron chi connectivity index (χ2n) is 9.13. The third kappa shape index (κ3) is 4.85. The minimum Gasteiger partial charge on any atom is -0.478 e. The SMILES string of the molecule is O=C(O)c1ccc2c(c1)ncn2C(Cc1ccccc1)n1cc(Cl)c(-c2cc(Cl)ccc2-n2cnnn2)c(F)c1=O. The van der Waals surface area contributed by atoms with Crippen LogP contribution < -0.4 is 5.56 Å². The van der Waals surface area contributed by atoms with E-state index in [1.165, 1.54) is 46.3 Å². The Morgan fingerprint density at radius 1 is 1.00 bits per heavy atom. The van der Waals surface area contributed by atoms with Crippen LogP contribution in [0.2, 0.25) is 10.0 Å². The monoisotopic (exact) mass is 589 g/mol. The molecule has 0 radical (unpaired) electrons. The molecule has 3 aromatic heterocycles. The van der Waals surface area contributed by atoms with E-state index in [-0.39, 0.29) is 28.1 Å². The van der Waals surface area contributed by atoms with Gasteiger partial charge in [-0.15, -0.1) is 5.10 Å². The van der Waals surface area contributed by atoms with Gasteiger partial charge in [-0.25, -0.2) is 14.2 Å². The van der Waals surface area contributed by atoms with Crippen LogP contribution >= 0.6 is 23.2 Å². The summed E-state index contributed by atoms with van der Waals surface area (Å²) in [5.74, 6) is -2.19. The van der Waals surface area contributed by atoms with E-state index in [1.807, 2.05) is 30.3 Å². The average Bonchev–Trinajstić information content (AvgIpc) is 3.65. The van der Waals surface area contributed by atoms with Crippen molar-refractivity contribution in [3.05, 3.63) is 123 Å². The van der Waals surface area contributed by atoms with Gasteiger partial charge in [-0.3, -0.25) is 9.36 Å². The number of benzene rings is 3. The van der Waals surface area contributed by atoms with E-state index >= 15 is 4.39 Å². The van der Waals surface area contributed by atoms with Crippen LogP contribution in [0.5, 0.6) is 0 Å². The Kier molecular flexibility index (Phi) is 6.82. The maximum Gasteiger partial charge on any atom is 0.335 e. The molecule has 0 saturated carbocycles. The Bertz CT molecular complexity index is 1980. The molecule has 0 amide bonds. The van der Waals surface area contributed by atoms with Crippen molar-refractivity contribution in [2.45, 2.75) is 12.6 Å². The van der Waals surface area contributed by atoms with Crippen LogP contribution in [0.25, 0.3) is 27.8 Å². The fourth-order valence-corrected chi connectivity index (χ4v) is 5.24. The molecule has 0 aliphatic rings. The normalized spacial score (nSPS) is 12.1. The van der Waals surface area contributed by atoms with Crippen LogP contribution in [0.4, 0.5) is 4.39 Å². The van der Waals surface area contributed by atoms with Gasteiger partial charge >= 0.3 is 5.97 Å². The van der Waals surface area contributed by atoms with Crippen LogP contribution in [0.3, 0.4) is 0 Å². The number of hydrogen-bond donors (Lipinski definition) is 1. The van der Waals surface area contributed by atoms with E-state index in [4.69, 9.17) is 23.2 Å². The smallest absolute Gasteiger partial charge is 0.335 e. The van der Waals surface area contributed by atoms with Crippen molar-refractivity contribution in [1.29, 1.82) is 0 Å². The molecule has 0 saturated heterocycles. The molecule has 0 spiro atoms. The van der Waals surface area contributed by atoms with Crippen molar-refractivity contribution in [2.24, 2.45) is 0 Å². The maximum absolute atomic E-state index is 16.1. The minimum absolute atomic E-state index is 0.0469. The molecule has 6 aromatic rings. The Balaban J connectivity index is 1.54. The van der Waals surface area contributed by atoms with Crippen molar-refractivity contribution in [1.82, 2.24) is 34.3 Å². The maximum atomic E-state index is 16.1. The lowest BCUT2D eigenvalue weighted by Gasteiger charge is -2.24. The highest BCUT2D eigenvalue weighted by atomic mass is 35.5. The number of halogens is 3. The number of fused-ring (bicyclic) bond motifs is 1. The van der Waals surface area contributed by atoms with Crippen molar-refractivity contribution in [3.8, 4) is 16.8 Å². The largest absolute Gasteiger partial charge is 0.478 e. The van der Waals surface area contributed by atoms with E-state index in [2.05, 4.69) is 20.5 Å². The lowest BCUT2D eigenvalue weighted by atomic mass is 10.0. The molecule has 10 nitrogen and oxygen atoms in total. The first-order valence-corrected chi connectivity index (χ1v) is 12.9. The first-order valence-electron chi connectivity index (χ1n) is 12.2. The third-order valence-electron chi connectivity index (χ3n) is 6.68. The number of hydrogen-bond acceptors (Lipinski definition) is 6. The number of aromatic carboxylic acids is 1. The lowest BCUT2D eigenvalue weighted by Crippen LogP contribution is -2.32. The molecule has 1 unspecified atom stereocenters. The first kappa shape index (κ1) is 26.4. The molecule has 6 rings (SSSR count). The van der Waals surface area contributed by atoms with Gasteiger partial charge in [-0.1, -0.05) is 53.5 Å². The highest BCUT2D eigenvalue weighted by molar-refractivity contribution is 6.34. The Labute approximate surface area is 240 Å². The Morgan fingerprint density at radius 3 is 2.54 bits per heavy atom. The van der Waals surface area contributed by atoms with Crippen LogP contribution in [-0.2, 0) is 6.42 Å². The topological polar surface area (TPSA) is 121 Å². The molecule has 13 heteroatoms. The number of carboxylic acids is 1. The predicted octanol–water partition coefficient (Wildman–Crippen LogP) is 5.27. The number of pyridine rings is 1. The predicted molar refractivity (Wildman–Crippen MR) is 150 cm³/mol. The van der Waals surface area contributed by atoms with Crippen molar-refractivity contribution >= 4 is 40.2 Å². The van der Waals surface area contributed by atoms with Gasteiger partial charge in [-0.2, -0.15) is 4.68 Å². The van der Waals surface area contributed by atoms with E-state index in [1.54, 1.807) is 22.8 Å².